The Morgan fingerprint density at radius 1 is 1.13 bits per heavy atom. The van der Waals surface area contributed by atoms with Crippen molar-refractivity contribution in [1.82, 2.24) is 19.9 Å². The number of pyridine rings is 1. The summed E-state index contributed by atoms with van der Waals surface area (Å²) in [5, 5.41) is 17.4. The molecule has 4 aromatic rings. The number of thioether (sulfide) groups is 1. The average molecular weight is 418 g/mol. The molecule has 2 aromatic heterocycles. The Labute approximate surface area is 176 Å². The highest BCUT2D eigenvalue weighted by atomic mass is 32.2. The van der Waals surface area contributed by atoms with E-state index in [2.05, 4.69) is 31.0 Å². The Kier molecular flexibility index (Phi) is 5.85. The van der Waals surface area contributed by atoms with E-state index in [1.54, 1.807) is 18.6 Å². The zero-order chi connectivity index (χ0) is 20.8. The van der Waals surface area contributed by atoms with Crippen molar-refractivity contribution >= 4 is 46.3 Å². The molecule has 0 bridgehead atoms. The highest BCUT2D eigenvalue weighted by Gasteiger charge is 2.12. The van der Waals surface area contributed by atoms with E-state index in [0.717, 1.165) is 22.0 Å². The summed E-state index contributed by atoms with van der Waals surface area (Å²) in [6.45, 7) is 0. The third kappa shape index (κ3) is 4.55. The fourth-order valence-electron chi connectivity index (χ4n) is 2.72. The van der Waals surface area contributed by atoms with Gasteiger partial charge in [-0.05, 0) is 17.5 Å². The van der Waals surface area contributed by atoms with Gasteiger partial charge >= 0.3 is 0 Å². The molecule has 10 heteroatoms. The molecule has 0 spiro atoms. The number of hydrazone groups is 1. The maximum absolute atomic E-state index is 12.4. The van der Waals surface area contributed by atoms with Crippen LogP contribution in [0.4, 0.5) is 11.6 Å². The number of aromatic nitrogens is 4. The van der Waals surface area contributed by atoms with Gasteiger partial charge in [-0.15, -0.1) is 10.2 Å². The van der Waals surface area contributed by atoms with Crippen LogP contribution in [-0.4, -0.2) is 37.7 Å². The maximum atomic E-state index is 12.4. The van der Waals surface area contributed by atoms with Gasteiger partial charge in [0.25, 0.3) is 5.95 Å². The van der Waals surface area contributed by atoms with Gasteiger partial charge < -0.3 is 11.2 Å². The first kappa shape index (κ1) is 19.4. The molecule has 0 aliphatic carbocycles. The first-order valence-corrected chi connectivity index (χ1v) is 9.99. The Hall–Kier alpha value is -3.92. The van der Waals surface area contributed by atoms with Crippen LogP contribution in [0.2, 0.25) is 0 Å². The fourth-order valence-corrected chi connectivity index (χ4v) is 3.38. The zero-order valence-corrected chi connectivity index (χ0v) is 16.6. The van der Waals surface area contributed by atoms with Gasteiger partial charge in [0.2, 0.25) is 11.1 Å². The average Bonchev–Trinajstić information content (AvgIpc) is 3.13. The minimum Gasteiger partial charge on any atom is -0.334 e. The number of anilines is 2. The highest BCUT2D eigenvalue weighted by Crippen LogP contribution is 2.23. The second kappa shape index (κ2) is 9.05. The predicted molar refractivity (Wildman–Crippen MR) is 119 cm³/mol. The lowest BCUT2D eigenvalue weighted by Crippen LogP contribution is -2.17. The van der Waals surface area contributed by atoms with Crippen molar-refractivity contribution in [2.75, 3.05) is 22.3 Å². The predicted octanol–water partition coefficient (Wildman–Crippen LogP) is 2.72. The smallest absolute Gasteiger partial charge is 0.264 e. The van der Waals surface area contributed by atoms with Crippen molar-refractivity contribution in [3.8, 4) is 0 Å². The number of benzene rings is 2. The molecule has 0 unspecified atom stereocenters. The molecular weight excluding hydrogens is 400 g/mol. The monoisotopic (exact) mass is 418 g/mol. The number of fused-ring (bicyclic) bond motifs is 1. The maximum Gasteiger partial charge on any atom is 0.264 e. The number of amides is 1. The van der Waals surface area contributed by atoms with Gasteiger partial charge in [-0.3, -0.25) is 9.78 Å². The molecule has 4 N–H and O–H groups in total. The molecule has 0 aliphatic heterocycles. The number of hydrogen-bond donors (Lipinski definition) is 3. The van der Waals surface area contributed by atoms with Crippen LogP contribution in [0.25, 0.3) is 10.8 Å². The molecule has 1 amide bonds. The summed E-state index contributed by atoms with van der Waals surface area (Å²) in [5.74, 6) is 6.22. The summed E-state index contributed by atoms with van der Waals surface area (Å²) in [6, 6.07) is 17.3. The van der Waals surface area contributed by atoms with Crippen molar-refractivity contribution < 1.29 is 4.79 Å². The number of nitrogens with zero attached hydrogens (tertiary/aromatic N) is 5. The lowest BCUT2D eigenvalue weighted by Gasteiger charge is -2.08. The molecule has 0 aliphatic rings. The van der Waals surface area contributed by atoms with Crippen molar-refractivity contribution in [3.05, 3.63) is 72.6 Å². The lowest BCUT2D eigenvalue weighted by atomic mass is 10.1. The summed E-state index contributed by atoms with van der Waals surface area (Å²) >= 11 is 1.18. The quantitative estimate of drug-likeness (QED) is 0.182. The molecule has 30 heavy (non-hydrogen) atoms. The van der Waals surface area contributed by atoms with E-state index in [1.165, 1.54) is 16.4 Å². The van der Waals surface area contributed by atoms with E-state index in [-0.39, 0.29) is 17.6 Å². The topological polar surface area (TPSA) is 123 Å². The molecule has 4 rings (SSSR count). The molecule has 0 atom stereocenters. The molecule has 9 nitrogen and oxygen atoms in total. The Bertz CT molecular complexity index is 1190. The number of hydrogen-bond acceptors (Lipinski definition) is 8. The zero-order valence-electron chi connectivity index (χ0n) is 15.8. The molecule has 2 aromatic carbocycles. The van der Waals surface area contributed by atoms with E-state index in [9.17, 15) is 4.79 Å². The number of rotatable bonds is 7. The van der Waals surface area contributed by atoms with E-state index < -0.39 is 0 Å². The Balaban J connectivity index is 1.35. The van der Waals surface area contributed by atoms with Crippen LogP contribution in [0.15, 0.2) is 77.2 Å². The van der Waals surface area contributed by atoms with Gasteiger partial charge in [-0.2, -0.15) is 5.10 Å². The van der Waals surface area contributed by atoms with Gasteiger partial charge in [0.05, 0.1) is 12.0 Å². The van der Waals surface area contributed by atoms with Crippen LogP contribution < -0.4 is 16.6 Å². The number of nitrogens with one attached hydrogen (secondary N) is 2. The second-order valence-corrected chi connectivity index (χ2v) is 7.14. The largest absolute Gasteiger partial charge is 0.334 e. The SMILES string of the molecule is Nn1c(N/N=C/c2cccnc2)nnc1SCC(=O)Nc1cccc2ccccc12. The normalized spacial score (nSPS) is 11.1. The van der Waals surface area contributed by atoms with E-state index in [1.807, 2.05) is 54.6 Å². The number of carbonyl (C=O) groups is 1. The Morgan fingerprint density at radius 3 is 2.87 bits per heavy atom. The third-order valence-corrected chi connectivity index (χ3v) is 5.07. The van der Waals surface area contributed by atoms with Crippen molar-refractivity contribution in [2.24, 2.45) is 5.10 Å². The van der Waals surface area contributed by atoms with Crippen LogP contribution in [-0.2, 0) is 4.79 Å². The van der Waals surface area contributed by atoms with Gasteiger partial charge in [0.15, 0.2) is 0 Å². The Morgan fingerprint density at radius 2 is 2.00 bits per heavy atom. The van der Waals surface area contributed by atoms with Gasteiger partial charge in [-0.1, -0.05) is 54.2 Å². The standard InChI is InChI=1S/C20H18N8OS/c21-28-19(25-23-12-14-5-4-10-22-11-14)26-27-20(28)30-13-18(29)24-17-9-3-7-15-6-1-2-8-16(15)17/h1-12H,13,21H2,(H,24,29)(H,25,26)/b23-12+. The van der Waals surface area contributed by atoms with Crippen molar-refractivity contribution in [1.29, 1.82) is 0 Å². The molecule has 0 radical (unpaired) electrons. The molecule has 0 saturated heterocycles. The highest BCUT2D eigenvalue weighted by molar-refractivity contribution is 7.99. The van der Waals surface area contributed by atoms with E-state index >= 15 is 0 Å². The summed E-state index contributed by atoms with van der Waals surface area (Å²) in [5.41, 5.74) is 4.31. The van der Waals surface area contributed by atoms with Crippen molar-refractivity contribution in [3.63, 3.8) is 0 Å². The molecule has 150 valence electrons. The lowest BCUT2D eigenvalue weighted by molar-refractivity contribution is -0.113. The van der Waals surface area contributed by atoms with E-state index in [4.69, 9.17) is 5.84 Å². The minimum absolute atomic E-state index is 0.136. The summed E-state index contributed by atoms with van der Waals surface area (Å²) in [4.78, 5) is 16.4. The first-order valence-electron chi connectivity index (χ1n) is 9.01. The first-order chi connectivity index (χ1) is 14.7. The fraction of sp³-hybridized carbons (Fsp3) is 0.0500. The second-order valence-electron chi connectivity index (χ2n) is 6.20. The third-order valence-electron chi connectivity index (χ3n) is 4.12. The van der Waals surface area contributed by atoms with Crippen LogP contribution >= 0.6 is 11.8 Å². The molecular formula is C20H18N8OS. The van der Waals surface area contributed by atoms with Gasteiger partial charge in [-0.25, -0.2) is 10.1 Å². The van der Waals surface area contributed by atoms with Crippen LogP contribution in [0, 0.1) is 0 Å². The number of carbonyl (C=O) groups excluding carboxylic acids is 1. The van der Waals surface area contributed by atoms with Gasteiger partial charge in [0.1, 0.15) is 0 Å². The summed E-state index contributed by atoms with van der Waals surface area (Å²) in [6.07, 6.45) is 4.95. The number of nitrogens with two attached hydrogens (primary N) is 1. The summed E-state index contributed by atoms with van der Waals surface area (Å²) < 4.78 is 1.25. The van der Waals surface area contributed by atoms with Gasteiger partial charge in [0, 0.05) is 29.0 Å². The molecule has 0 fully saturated rings. The molecule has 0 saturated carbocycles. The summed E-state index contributed by atoms with van der Waals surface area (Å²) in [7, 11) is 0. The minimum atomic E-state index is -0.163. The van der Waals surface area contributed by atoms with E-state index in [0.29, 0.717) is 5.16 Å². The van der Waals surface area contributed by atoms with Crippen LogP contribution in [0.1, 0.15) is 5.56 Å². The number of nitrogen functional groups attached to an aromatic ring is 1. The van der Waals surface area contributed by atoms with Crippen LogP contribution in [0.5, 0.6) is 0 Å². The van der Waals surface area contributed by atoms with Crippen LogP contribution in [0.3, 0.4) is 0 Å². The van der Waals surface area contributed by atoms with Crippen molar-refractivity contribution in [2.45, 2.75) is 5.16 Å². The molecule has 2 heterocycles.